The van der Waals surface area contributed by atoms with E-state index in [1.807, 2.05) is 13.8 Å². The van der Waals surface area contributed by atoms with Gasteiger partial charge in [-0.15, -0.1) is 0 Å². The maximum atomic E-state index is 9.40. The van der Waals surface area contributed by atoms with E-state index in [1.165, 1.54) is 0 Å². The molecule has 0 aliphatic carbocycles. The average Bonchev–Trinajstić information content (AvgIpc) is 2.43. The Morgan fingerprint density at radius 1 is 1.14 bits per heavy atom. The third-order valence-corrected chi connectivity index (χ3v) is 3.41. The standard InChI is InChI=1S/C16H30N4O/c1-7-9-17-13-11(3)14(18-12(8-2)10-21)20-15(19-13)16(4,5)6/h12,21H,7-10H2,1-6H3,(H2,17,18,19,20). The Kier molecular flexibility index (Phi) is 6.40. The number of nitrogens with zero attached hydrogens (tertiary/aromatic N) is 2. The Balaban J connectivity index is 3.20. The smallest absolute Gasteiger partial charge is 0.138 e. The molecule has 21 heavy (non-hydrogen) atoms. The lowest BCUT2D eigenvalue weighted by Crippen LogP contribution is -2.26. The van der Waals surface area contributed by atoms with Crippen molar-refractivity contribution in [1.82, 2.24) is 9.97 Å². The van der Waals surface area contributed by atoms with Gasteiger partial charge in [-0.05, 0) is 19.8 Å². The van der Waals surface area contributed by atoms with Crippen LogP contribution in [0.25, 0.3) is 0 Å². The first-order valence-corrected chi connectivity index (χ1v) is 7.83. The van der Waals surface area contributed by atoms with Crippen LogP contribution in [-0.4, -0.2) is 34.3 Å². The zero-order valence-corrected chi connectivity index (χ0v) is 14.2. The molecule has 1 heterocycles. The maximum Gasteiger partial charge on any atom is 0.138 e. The summed E-state index contributed by atoms with van der Waals surface area (Å²) in [5.74, 6) is 2.50. The van der Waals surface area contributed by atoms with E-state index in [9.17, 15) is 5.11 Å². The molecule has 120 valence electrons. The summed E-state index contributed by atoms with van der Waals surface area (Å²) < 4.78 is 0. The van der Waals surface area contributed by atoms with E-state index in [1.54, 1.807) is 0 Å². The number of aliphatic hydroxyl groups is 1. The highest BCUT2D eigenvalue weighted by Crippen LogP contribution is 2.26. The Morgan fingerprint density at radius 3 is 2.24 bits per heavy atom. The summed E-state index contributed by atoms with van der Waals surface area (Å²) in [7, 11) is 0. The van der Waals surface area contributed by atoms with Crippen molar-refractivity contribution in [2.45, 2.75) is 65.8 Å². The fourth-order valence-corrected chi connectivity index (χ4v) is 1.88. The summed E-state index contributed by atoms with van der Waals surface area (Å²) in [5.41, 5.74) is 0.886. The molecule has 0 aliphatic rings. The Labute approximate surface area is 128 Å². The van der Waals surface area contributed by atoms with Gasteiger partial charge in [-0.3, -0.25) is 0 Å². The van der Waals surface area contributed by atoms with Gasteiger partial charge in [-0.1, -0.05) is 34.6 Å². The molecular formula is C16H30N4O. The molecule has 0 amide bonds. The van der Waals surface area contributed by atoms with Crippen molar-refractivity contribution in [2.75, 3.05) is 23.8 Å². The van der Waals surface area contributed by atoms with Crippen LogP contribution < -0.4 is 10.6 Å². The minimum Gasteiger partial charge on any atom is -0.394 e. The van der Waals surface area contributed by atoms with Gasteiger partial charge in [0.15, 0.2) is 0 Å². The molecule has 1 atom stereocenters. The lowest BCUT2D eigenvalue weighted by Gasteiger charge is -2.23. The fraction of sp³-hybridized carbons (Fsp3) is 0.750. The fourth-order valence-electron chi connectivity index (χ4n) is 1.88. The molecule has 1 aromatic heterocycles. The van der Waals surface area contributed by atoms with Crippen molar-refractivity contribution in [2.24, 2.45) is 0 Å². The highest BCUT2D eigenvalue weighted by atomic mass is 16.3. The lowest BCUT2D eigenvalue weighted by atomic mass is 9.95. The molecule has 0 saturated heterocycles. The first kappa shape index (κ1) is 17.7. The third-order valence-electron chi connectivity index (χ3n) is 3.41. The first-order chi connectivity index (χ1) is 9.83. The number of aromatic nitrogens is 2. The molecule has 0 saturated carbocycles. The summed E-state index contributed by atoms with van der Waals surface area (Å²) in [6.07, 6.45) is 1.90. The molecule has 0 spiro atoms. The monoisotopic (exact) mass is 294 g/mol. The Morgan fingerprint density at radius 2 is 1.76 bits per heavy atom. The third kappa shape index (κ3) is 4.84. The summed E-state index contributed by atoms with van der Waals surface area (Å²) in [6, 6.07) is 0.0189. The number of nitrogens with one attached hydrogen (secondary N) is 2. The Bertz CT molecular complexity index is 450. The number of anilines is 2. The minimum atomic E-state index is -0.117. The minimum absolute atomic E-state index is 0.0189. The van der Waals surface area contributed by atoms with Gasteiger partial charge in [0.25, 0.3) is 0 Å². The van der Waals surface area contributed by atoms with Crippen LogP contribution in [0.1, 0.15) is 58.8 Å². The molecule has 1 rings (SSSR count). The molecule has 0 aliphatic heterocycles. The summed E-state index contributed by atoms with van der Waals surface area (Å²) in [4.78, 5) is 9.35. The van der Waals surface area contributed by atoms with Crippen LogP contribution in [0, 0.1) is 6.92 Å². The van der Waals surface area contributed by atoms with E-state index in [2.05, 4.69) is 48.3 Å². The van der Waals surface area contributed by atoms with Gasteiger partial charge in [0, 0.05) is 17.5 Å². The number of hydrogen-bond donors (Lipinski definition) is 3. The molecule has 1 unspecified atom stereocenters. The van der Waals surface area contributed by atoms with Gasteiger partial charge in [0.05, 0.1) is 12.6 Å². The number of aliphatic hydroxyl groups excluding tert-OH is 1. The van der Waals surface area contributed by atoms with Gasteiger partial charge >= 0.3 is 0 Å². The van der Waals surface area contributed by atoms with Gasteiger partial charge < -0.3 is 15.7 Å². The van der Waals surface area contributed by atoms with E-state index in [0.29, 0.717) is 0 Å². The predicted octanol–water partition coefficient (Wildman–Crippen LogP) is 3.09. The molecule has 0 bridgehead atoms. The highest BCUT2D eigenvalue weighted by molar-refractivity contribution is 5.58. The molecule has 3 N–H and O–H groups in total. The van der Waals surface area contributed by atoms with Crippen LogP contribution in [0.5, 0.6) is 0 Å². The van der Waals surface area contributed by atoms with Gasteiger partial charge in [-0.25, -0.2) is 9.97 Å². The van der Waals surface area contributed by atoms with E-state index in [0.717, 1.165) is 42.4 Å². The average molecular weight is 294 g/mol. The lowest BCUT2D eigenvalue weighted by molar-refractivity contribution is 0.271. The Hall–Kier alpha value is -1.36. The zero-order valence-electron chi connectivity index (χ0n) is 14.2. The molecular weight excluding hydrogens is 264 g/mol. The molecule has 0 radical (unpaired) electrons. The van der Waals surface area contributed by atoms with Gasteiger partial charge in [0.2, 0.25) is 0 Å². The number of hydrogen-bond acceptors (Lipinski definition) is 5. The highest BCUT2D eigenvalue weighted by Gasteiger charge is 2.21. The van der Waals surface area contributed by atoms with Crippen molar-refractivity contribution >= 4 is 11.6 Å². The number of rotatable bonds is 7. The SMILES string of the molecule is CCCNc1nc(C(C)(C)C)nc(NC(CC)CO)c1C. The van der Waals surface area contributed by atoms with Gasteiger partial charge in [-0.2, -0.15) is 0 Å². The van der Waals surface area contributed by atoms with Crippen LogP contribution in [-0.2, 0) is 5.41 Å². The van der Waals surface area contributed by atoms with Crippen LogP contribution in [0.4, 0.5) is 11.6 Å². The van der Waals surface area contributed by atoms with Crippen LogP contribution >= 0.6 is 0 Å². The largest absolute Gasteiger partial charge is 0.394 e. The normalized spacial score (nSPS) is 13.1. The van der Waals surface area contributed by atoms with Gasteiger partial charge in [0.1, 0.15) is 17.5 Å². The molecule has 0 fully saturated rings. The summed E-state index contributed by atoms with van der Waals surface area (Å²) in [5, 5.41) is 16.1. The second-order valence-electron chi connectivity index (χ2n) is 6.48. The summed E-state index contributed by atoms with van der Waals surface area (Å²) in [6.45, 7) is 13.5. The van der Waals surface area contributed by atoms with E-state index in [4.69, 9.17) is 0 Å². The summed E-state index contributed by atoms with van der Waals surface area (Å²) >= 11 is 0. The van der Waals surface area contributed by atoms with Crippen molar-refractivity contribution in [1.29, 1.82) is 0 Å². The van der Waals surface area contributed by atoms with E-state index in [-0.39, 0.29) is 18.1 Å². The maximum absolute atomic E-state index is 9.40. The second-order valence-corrected chi connectivity index (χ2v) is 6.48. The first-order valence-electron chi connectivity index (χ1n) is 7.83. The van der Waals surface area contributed by atoms with Crippen molar-refractivity contribution in [3.05, 3.63) is 11.4 Å². The molecule has 5 heteroatoms. The van der Waals surface area contributed by atoms with E-state index < -0.39 is 0 Å². The predicted molar refractivity (Wildman–Crippen MR) is 89.0 cm³/mol. The van der Waals surface area contributed by atoms with Crippen LogP contribution in [0.15, 0.2) is 0 Å². The molecule has 0 aromatic carbocycles. The van der Waals surface area contributed by atoms with Crippen LogP contribution in [0.2, 0.25) is 0 Å². The molecule has 5 nitrogen and oxygen atoms in total. The van der Waals surface area contributed by atoms with Crippen LogP contribution in [0.3, 0.4) is 0 Å². The van der Waals surface area contributed by atoms with Crippen molar-refractivity contribution in [3.63, 3.8) is 0 Å². The van der Waals surface area contributed by atoms with Crippen molar-refractivity contribution < 1.29 is 5.11 Å². The van der Waals surface area contributed by atoms with Crippen molar-refractivity contribution in [3.8, 4) is 0 Å². The topological polar surface area (TPSA) is 70.1 Å². The quantitative estimate of drug-likeness (QED) is 0.721. The molecule has 1 aromatic rings. The van der Waals surface area contributed by atoms with E-state index >= 15 is 0 Å². The second kappa shape index (κ2) is 7.59. The zero-order chi connectivity index (χ0) is 16.0.